The van der Waals surface area contributed by atoms with Crippen molar-refractivity contribution in [2.24, 2.45) is 5.92 Å². The molecule has 0 spiro atoms. The summed E-state index contributed by atoms with van der Waals surface area (Å²) in [6.45, 7) is 3.71. The van der Waals surface area contributed by atoms with Gasteiger partial charge in [-0.1, -0.05) is 35.3 Å². The van der Waals surface area contributed by atoms with Crippen molar-refractivity contribution in [2.75, 3.05) is 23.4 Å². The SMILES string of the molecule is Cc1ccc(N2C[C@H](C(=O)OCC(=O)Nc3cccc(Cl)c3Cl)CC2=O)cc1C. The number of halogens is 2. The highest BCUT2D eigenvalue weighted by Gasteiger charge is 2.36. The van der Waals surface area contributed by atoms with E-state index in [1.54, 1.807) is 23.1 Å². The van der Waals surface area contributed by atoms with Gasteiger partial charge in [0.05, 0.1) is 21.7 Å². The number of hydrogen-bond donors (Lipinski definition) is 1. The van der Waals surface area contributed by atoms with E-state index < -0.39 is 24.4 Å². The van der Waals surface area contributed by atoms with E-state index in [1.165, 1.54) is 0 Å². The number of amides is 2. The molecule has 1 N–H and O–H groups in total. The van der Waals surface area contributed by atoms with Gasteiger partial charge >= 0.3 is 5.97 Å². The minimum atomic E-state index is -0.619. The van der Waals surface area contributed by atoms with E-state index in [9.17, 15) is 14.4 Å². The van der Waals surface area contributed by atoms with Gasteiger partial charge in [-0.05, 0) is 49.2 Å². The van der Waals surface area contributed by atoms with Gasteiger partial charge in [0.15, 0.2) is 6.61 Å². The molecule has 3 rings (SSSR count). The lowest BCUT2D eigenvalue weighted by Gasteiger charge is -2.17. The molecule has 1 atom stereocenters. The summed E-state index contributed by atoms with van der Waals surface area (Å²) < 4.78 is 5.10. The Hall–Kier alpha value is -2.57. The molecular weight excluding hydrogens is 415 g/mol. The predicted octanol–water partition coefficient (Wildman–Crippen LogP) is 4.15. The van der Waals surface area contributed by atoms with Gasteiger partial charge in [0.25, 0.3) is 5.91 Å². The van der Waals surface area contributed by atoms with E-state index in [-0.39, 0.29) is 23.9 Å². The van der Waals surface area contributed by atoms with Crippen LogP contribution in [0.3, 0.4) is 0 Å². The molecule has 0 radical (unpaired) electrons. The largest absolute Gasteiger partial charge is 0.455 e. The van der Waals surface area contributed by atoms with Crippen LogP contribution < -0.4 is 10.2 Å². The van der Waals surface area contributed by atoms with Crippen LogP contribution in [0.5, 0.6) is 0 Å². The summed E-state index contributed by atoms with van der Waals surface area (Å²) >= 11 is 11.9. The Bertz CT molecular complexity index is 977. The summed E-state index contributed by atoms with van der Waals surface area (Å²) in [6.07, 6.45) is 0.0491. The van der Waals surface area contributed by atoms with Gasteiger partial charge in [-0.3, -0.25) is 14.4 Å². The van der Waals surface area contributed by atoms with E-state index in [0.717, 1.165) is 16.8 Å². The Kier molecular flexibility index (Phi) is 6.45. The first-order chi connectivity index (χ1) is 13.8. The van der Waals surface area contributed by atoms with E-state index in [4.69, 9.17) is 27.9 Å². The molecule has 0 aromatic heterocycles. The average molecular weight is 435 g/mol. The van der Waals surface area contributed by atoms with Crippen molar-refractivity contribution < 1.29 is 19.1 Å². The average Bonchev–Trinajstić information content (AvgIpc) is 3.07. The summed E-state index contributed by atoms with van der Waals surface area (Å²) in [5.74, 6) is -1.90. The van der Waals surface area contributed by atoms with Crippen molar-refractivity contribution in [3.05, 3.63) is 57.6 Å². The molecule has 2 amide bonds. The predicted molar refractivity (Wildman–Crippen MR) is 112 cm³/mol. The Morgan fingerprint density at radius 1 is 1.17 bits per heavy atom. The summed E-state index contributed by atoms with van der Waals surface area (Å²) in [5.41, 5.74) is 3.28. The monoisotopic (exact) mass is 434 g/mol. The molecule has 1 saturated heterocycles. The van der Waals surface area contributed by atoms with Crippen molar-refractivity contribution >= 4 is 52.4 Å². The lowest BCUT2D eigenvalue weighted by atomic mass is 10.1. The molecule has 1 heterocycles. The number of nitrogens with one attached hydrogen (secondary N) is 1. The second-order valence-electron chi connectivity index (χ2n) is 6.93. The van der Waals surface area contributed by atoms with Crippen molar-refractivity contribution in [3.8, 4) is 0 Å². The Labute approximate surface area is 178 Å². The zero-order valence-corrected chi connectivity index (χ0v) is 17.5. The van der Waals surface area contributed by atoms with Crippen LogP contribution in [0.4, 0.5) is 11.4 Å². The van der Waals surface area contributed by atoms with Crippen molar-refractivity contribution in [2.45, 2.75) is 20.3 Å². The highest BCUT2D eigenvalue weighted by Crippen LogP contribution is 2.30. The number of benzene rings is 2. The molecule has 0 aliphatic carbocycles. The van der Waals surface area contributed by atoms with Gasteiger partial charge < -0.3 is 15.0 Å². The number of carbonyl (C=O) groups excluding carboxylic acids is 3. The molecule has 1 aliphatic rings. The molecule has 8 heteroatoms. The standard InChI is InChI=1S/C21H20Cl2N2O4/c1-12-6-7-15(8-13(12)2)25-10-14(9-19(25)27)21(28)29-11-18(26)24-17-5-3-4-16(22)20(17)23/h3-8,14H,9-11H2,1-2H3,(H,24,26)/t14-/m1/s1. The minimum Gasteiger partial charge on any atom is -0.455 e. The van der Waals surface area contributed by atoms with Crippen LogP contribution >= 0.6 is 23.2 Å². The summed E-state index contributed by atoms with van der Waals surface area (Å²) in [4.78, 5) is 38.3. The minimum absolute atomic E-state index is 0.0491. The lowest BCUT2D eigenvalue weighted by Crippen LogP contribution is -2.28. The Morgan fingerprint density at radius 2 is 1.93 bits per heavy atom. The number of carbonyl (C=O) groups is 3. The molecule has 0 bridgehead atoms. The van der Waals surface area contributed by atoms with Crippen LogP contribution in [0.25, 0.3) is 0 Å². The van der Waals surface area contributed by atoms with E-state index in [1.807, 2.05) is 32.0 Å². The zero-order valence-electron chi connectivity index (χ0n) is 16.0. The van der Waals surface area contributed by atoms with E-state index in [0.29, 0.717) is 10.7 Å². The molecule has 2 aromatic carbocycles. The maximum atomic E-state index is 12.3. The molecule has 6 nitrogen and oxygen atoms in total. The van der Waals surface area contributed by atoms with Crippen LogP contribution in [0, 0.1) is 19.8 Å². The fourth-order valence-electron chi connectivity index (χ4n) is 3.05. The first-order valence-electron chi connectivity index (χ1n) is 9.04. The van der Waals surface area contributed by atoms with Gasteiger partial charge in [0, 0.05) is 18.7 Å². The van der Waals surface area contributed by atoms with Gasteiger partial charge in [-0.2, -0.15) is 0 Å². The van der Waals surface area contributed by atoms with Gasteiger partial charge in [0.2, 0.25) is 5.91 Å². The third kappa shape index (κ3) is 4.89. The maximum absolute atomic E-state index is 12.3. The molecule has 2 aromatic rings. The van der Waals surface area contributed by atoms with Gasteiger partial charge in [-0.25, -0.2) is 0 Å². The first-order valence-corrected chi connectivity index (χ1v) is 9.80. The molecule has 0 unspecified atom stereocenters. The number of anilines is 2. The number of nitrogens with zero attached hydrogens (tertiary/aromatic N) is 1. The van der Waals surface area contributed by atoms with Gasteiger partial charge in [0.1, 0.15) is 0 Å². The summed E-state index contributed by atoms with van der Waals surface area (Å²) in [7, 11) is 0. The first kappa shape index (κ1) is 21.1. The molecular formula is C21H20Cl2N2O4. The summed E-state index contributed by atoms with van der Waals surface area (Å²) in [5, 5.41) is 3.05. The zero-order chi connectivity index (χ0) is 21.1. The normalized spacial score (nSPS) is 16.1. The van der Waals surface area contributed by atoms with Gasteiger partial charge in [-0.15, -0.1) is 0 Å². The van der Waals surface area contributed by atoms with Crippen LogP contribution in [-0.2, 0) is 19.1 Å². The van der Waals surface area contributed by atoms with Crippen LogP contribution in [0.1, 0.15) is 17.5 Å². The van der Waals surface area contributed by atoms with Crippen molar-refractivity contribution in [1.29, 1.82) is 0 Å². The lowest BCUT2D eigenvalue weighted by molar-refractivity contribution is -0.151. The second kappa shape index (κ2) is 8.84. The number of hydrogen-bond acceptors (Lipinski definition) is 4. The third-order valence-corrected chi connectivity index (χ3v) is 5.65. The van der Waals surface area contributed by atoms with Crippen LogP contribution in [0.15, 0.2) is 36.4 Å². The topological polar surface area (TPSA) is 75.7 Å². The second-order valence-corrected chi connectivity index (χ2v) is 7.72. The molecule has 0 saturated carbocycles. The molecule has 152 valence electrons. The number of aryl methyl sites for hydroxylation is 2. The fourth-order valence-corrected chi connectivity index (χ4v) is 3.40. The third-order valence-electron chi connectivity index (χ3n) is 4.83. The molecule has 1 aliphatic heterocycles. The fraction of sp³-hybridized carbons (Fsp3) is 0.286. The molecule has 29 heavy (non-hydrogen) atoms. The smallest absolute Gasteiger partial charge is 0.311 e. The number of ether oxygens (including phenoxy) is 1. The molecule has 1 fully saturated rings. The van der Waals surface area contributed by atoms with Crippen LogP contribution in [0.2, 0.25) is 10.0 Å². The quantitative estimate of drug-likeness (QED) is 0.717. The van der Waals surface area contributed by atoms with E-state index >= 15 is 0 Å². The van der Waals surface area contributed by atoms with Crippen molar-refractivity contribution in [3.63, 3.8) is 0 Å². The maximum Gasteiger partial charge on any atom is 0.311 e. The highest BCUT2D eigenvalue weighted by molar-refractivity contribution is 6.44. The highest BCUT2D eigenvalue weighted by atomic mass is 35.5. The number of rotatable bonds is 5. The van der Waals surface area contributed by atoms with E-state index in [2.05, 4.69) is 5.32 Å². The Morgan fingerprint density at radius 3 is 2.66 bits per heavy atom. The summed E-state index contributed by atoms with van der Waals surface area (Å²) in [6, 6.07) is 10.5. The Balaban J connectivity index is 1.56. The van der Waals surface area contributed by atoms with Crippen molar-refractivity contribution in [1.82, 2.24) is 0 Å². The van der Waals surface area contributed by atoms with Crippen LogP contribution in [-0.4, -0.2) is 30.9 Å². The number of esters is 1.